The van der Waals surface area contributed by atoms with E-state index in [2.05, 4.69) is 142 Å². The smallest absolute Gasteiger partial charge is 0.305 e. The predicted octanol–water partition coefficient (Wildman–Crippen LogP) is 15.1. The Morgan fingerprint density at radius 2 is 0.925 bits per heavy atom. The molecule has 0 aliphatic rings. The number of nitrogens with zero attached hydrogens (tertiary/aromatic N) is 3. The molecular weight excluding hydrogens is 991 g/mol. The third-order valence-corrected chi connectivity index (χ3v) is 12.1. The summed E-state index contributed by atoms with van der Waals surface area (Å²) in [6, 6.07) is 74.2. The Hall–Kier alpha value is -7.36. The fourth-order valence-electron chi connectivity index (χ4n) is 8.52. The number of hydrogen-bond donors (Lipinski definition) is 0. The molecule has 3 heterocycles. The van der Waals surface area contributed by atoms with Gasteiger partial charge in [-0.25, -0.2) is 0 Å². The molecule has 67 heavy (non-hydrogen) atoms. The van der Waals surface area contributed by atoms with E-state index < -0.39 is 13.7 Å². The second-order valence-corrected chi connectivity index (χ2v) is 16.5. The topological polar surface area (TPSA) is 38.7 Å². The summed E-state index contributed by atoms with van der Waals surface area (Å²) in [6.45, 7) is -5.32. The number of aryl methyl sites for hydroxylation is 6. The minimum atomic E-state index is -2.67. The summed E-state index contributed by atoms with van der Waals surface area (Å²) in [4.78, 5) is 13.5. The molecule has 0 aliphatic carbocycles. The molecule has 0 bridgehead atoms. The first-order chi connectivity index (χ1) is 34.9. The second-order valence-electron chi connectivity index (χ2n) is 16.5. The molecule has 3 nitrogen and oxygen atoms in total. The molecule has 7 aromatic carbocycles. The molecular formula is C63H48IrN3. The first-order valence-corrected chi connectivity index (χ1v) is 22.2. The van der Waals surface area contributed by atoms with Crippen LogP contribution in [0.4, 0.5) is 0 Å². The van der Waals surface area contributed by atoms with Crippen LogP contribution in [0.1, 0.15) is 41.6 Å². The summed E-state index contributed by atoms with van der Waals surface area (Å²) in [5.41, 5.74) is 16.9. The zero-order chi connectivity index (χ0) is 49.7. The Morgan fingerprint density at radius 1 is 0.373 bits per heavy atom. The van der Waals surface area contributed by atoms with Gasteiger partial charge >= 0.3 is 20.1 Å². The van der Waals surface area contributed by atoms with Crippen LogP contribution in [-0.2, 0) is 45.8 Å². The summed E-state index contributed by atoms with van der Waals surface area (Å²) < 4.78 is 48.9. The number of aromatic nitrogens is 3. The molecule has 0 saturated carbocycles. The summed E-state index contributed by atoms with van der Waals surface area (Å²) in [6.07, 6.45) is 8.07. The van der Waals surface area contributed by atoms with Crippen LogP contribution in [0.25, 0.3) is 78.3 Å². The van der Waals surface area contributed by atoms with Gasteiger partial charge in [-0.2, -0.15) is 0 Å². The standard InChI is InChI=1S/C63H48N3.Ir/c1-44-38-63(66-43-45(44)2)55-34-35-59(60(42-55)52-32-30-51(31-33-52)50-12-4-3-5-13-50)58-15-7-6-14-57(58)56-40-48(20-18-46-22-26-53(27-23-46)61-16-8-10-36-64-61)39-49(41-56)21-19-47-24-28-54(29-25-47)62-17-9-11-37-65-62;/h3-17,22-26,28,30-33,35-43H,18-21H2,1-2H3;/q-3;+3/i1D3,2D3;. The maximum Gasteiger partial charge on any atom is 3.00 e. The Morgan fingerprint density at radius 3 is 1.51 bits per heavy atom. The molecule has 0 aliphatic heterocycles. The minimum Gasteiger partial charge on any atom is -0.305 e. The molecule has 4 heteroatoms. The van der Waals surface area contributed by atoms with E-state index in [1.807, 2.05) is 72.8 Å². The second kappa shape index (κ2) is 20.9. The van der Waals surface area contributed by atoms with Crippen molar-refractivity contribution in [3.05, 3.63) is 258 Å². The fourth-order valence-corrected chi connectivity index (χ4v) is 8.52. The molecule has 0 radical (unpaired) electrons. The number of benzene rings is 7. The van der Waals surface area contributed by atoms with E-state index >= 15 is 0 Å². The molecule has 0 unspecified atom stereocenters. The molecule has 0 N–H and O–H groups in total. The Kier molecular flexibility index (Phi) is 11.8. The van der Waals surface area contributed by atoms with Crippen molar-refractivity contribution >= 4 is 0 Å². The van der Waals surface area contributed by atoms with E-state index in [0.717, 1.165) is 92.7 Å². The van der Waals surface area contributed by atoms with Crippen LogP contribution in [0, 0.1) is 31.9 Å². The summed E-state index contributed by atoms with van der Waals surface area (Å²) in [5.74, 6) is 0. The van der Waals surface area contributed by atoms with Crippen LogP contribution in [0.5, 0.6) is 0 Å². The van der Waals surface area contributed by atoms with E-state index in [0.29, 0.717) is 11.3 Å². The Bertz CT molecular complexity index is 3350. The van der Waals surface area contributed by atoms with Crippen molar-refractivity contribution in [3.8, 4) is 78.3 Å². The number of pyridine rings is 3. The maximum atomic E-state index is 8.26. The van der Waals surface area contributed by atoms with Crippen LogP contribution >= 0.6 is 0 Å². The van der Waals surface area contributed by atoms with Crippen molar-refractivity contribution in [2.45, 2.75) is 39.4 Å². The van der Waals surface area contributed by atoms with Crippen LogP contribution in [-0.4, -0.2) is 15.0 Å². The van der Waals surface area contributed by atoms with Crippen molar-refractivity contribution in [1.29, 1.82) is 0 Å². The third kappa shape index (κ3) is 10.5. The normalized spacial score (nSPS) is 12.7. The average Bonchev–Trinajstić information content (AvgIpc) is 3.42. The zero-order valence-corrected chi connectivity index (χ0v) is 39.0. The van der Waals surface area contributed by atoms with E-state index in [4.69, 9.17) is 8.22 Å². The van der Waals surface area contributed by atoms with Crippen molar-refractivity contribution in [2.75, 3.05) is 0 Å². The van der Waals surface area contributed by atoms with E-state index in [1.165, 1.54) is 34.5 Å². The quantitative estimate of drug-likeness (QED) is 0.108. The van der Waals surface area contributed by atoms with Crippen molar-refractivity contribution in [3.63, 3.8) is 0 Å². The maximum absolute atomic E-state index is 8.26. The first-order valence-electron chi connectivity index (χ1n) is 25.2. The van der Waals surface area contributed by atoms with E-state index in [9.17, 15) is 0 Å². The van der Waals surface area contributed by atoms with Gasteiger partial charge in [0.25, 0.3) is 0 Å². The monoisotopic (exact) mass is 1050 g/mol. The third-order valence-electron chi connectivity index (χ3n) is 12.1. The Labute approximate surface area is 417 Å². The molecule has 0 saturated heterocycles. The molecule has 0 fully saturated rings. The summed E-state index contributed by atoms with van der Waals surface area (Å²) in [5, 5.41) is 0. The average molecular weight is 1050 g/mol. The predicted molar refractivity (Wildman–Crippen MR) is 272 cm³/mol. The fraction of sp³-hybridized carbons (Fsp3) is 0.0952. The van der Waals surface area contributed by atoms with E-state index in [-0.39, 0.29) is 31.2 Å². The van der Waals surface area contributed by atoms with Crippen LogP contribution in [0.2, 0.25) is 0 Å². The molecule has 0 amide bonds. The SMILES string of the molecule is [2H]C([2H])([2H])c1cnc(-c2[c-]cc(-c3ccccc3-c3cc(CCc4c[c-]c(-c5ccccn5)cc4)cc(CCc4c[c-]c(-c5ccccn5)cc4)c3)c(-c3ccc(-c4ccccc4)cc3)c2)cc1C([2H])([2H])[2H].[Ir+3]. The van der Waals surface area contributed by atoms with E-state index in [1.54, 1.807) is 12.4 Å². The van der Waals surface area contributed by atoms with Crippen LogP contribution in [0.3, 0.4) is 0 Å². The van der Waals surface area contributed by atoms with Gasteiger partial charge in [-0.05, 0) is 100 Å². The van der Waals surface area contributed by atoms with Gasteiger partial charge in [0.15, 0.2) is 0 Å². The molecule has 10 rings (SSSR count). The largest absolute Gasteiger partial charge is 3.00 e. The van der Waals surface area contributed by atoms with Crippen molar-refractivity contribution in [2.24, 2.45) is 0 Å². The van der Waals surface area contributed by atoms with Crippen LogP contribution < -0.4 is 0 Å². The zero-order valence-electron chi connectivity index (χ0n) is 42.6. The summed E-state index contributed by atoms with van der Waals surface area (Å²) >= 11 is 0. The number of rotatable bonds is 13. The number of hydrogen-bond acceptors (Lipinski definition) is 3. The van der Waals surface area contributed by atoms with Crippen molar-refractivity contribution in [1.82, 2.24) is 15.0 Å². The molecule has 3 aromatic heterocycles. The molecule has 324 valence electrons. The van der Waals surface area contributed by atoms with Gasteiger partial charge in [0.05, 0.1) is 0 Å². The van der Waals surface area contributed by atoms with Gasteiger partial charge in [-0.3, -0.25) is 0 Å². The first kappa shape index (κ1) is 37.8. The van der Waals surface area contributed by atoms with Gasteiger partial charge in [0, 0.05) is 26.8 Å². The molecule has 10 aromatic rings. The van der Waals surface area contributed by atoms with Gasteiger partial charge in [-0.1, -0.05) is 162 Å². The molecule has 0 spiro atoms. The Balaban J connectivity index is 0.00000656. The summed E-state index contributed by atoms with van der Waals surface area (Å²) in [7, 11) is 0. The van der Waals surface area contributed by atoms with Gasteiger partial charge in [0.1, 0.15) is 0 Å². The van der Waals surface area contributed by atoms with Gasteiger partial charge in [-0.15, -0.1) is 94.5 Å². The van der Waals surface area contributed by atoms with Gasteiger partial charge in [0.2, 0.25) is 0 Å². The van der Waals surface area contributed by atoms with Crippen LogP contribution in [0.15, 0.2) is 207 Å². The molecule has 0 atom stereocenters. The minimum absolute atomic E-state index is 0. The van der Waals surface area contributed by atoms with Gasteiger partial charge < -0.3 is 15.0 Å². The van der Waals surface area contributed by atoms with Crippen molar-refractivity contribution < 1.29 is 28.3 Å².